The predicted molar refractivity (Wildman–Crippen MR) is 84.2 cm³/mol. The van der Waals surface area contributed by atoms with Crippen molar-refractivity contribution in [2.45, 2.75) is 49.8 Å². The summed E-state index contributed by atoms with van der Waals surface area (Å²) in [4.78, 5) is 1.17. The maximum Gasteiger partial charge on any atom is 0.0603 e. The van der Waals surface area contributed by atoms with Crippen LogP contribution >= 0.6 is 35.0 Å². The summed E-state index contributed by atoms with van der Waals surface area (Å²) in [5.41, 5.74) is 0. The lowest BCUT2D eigenvalue weighted by Gasteiger charge is -2.17. The predicted octanol–water partition coefficient (Wildman–Crippen LogP) is 5.25. The molecule has 2 unspecified atom stereocenters. The van der Waals surface area contributed by atoms with Gasteiger partial charge in [-0.3, -0.25) is 0 Å². The molecule has 4 heteroatoms. The zero-order valence-corrected chi connectivity index (χ0v) is 13.5. The van der Waals surface area contributed by atoms with Gasteiger partial charge in [0.2, 0.25) is 0 Å². The minimum Gasteiger partial charge on any atom is -0.313 e. The zero-order valence-electron chi connectivity index (χ0n) is 11.2. The number of hydrogen-bond acceptors (Lipinski definition) is 2. The molecule has 0 spiro atoms. The Bertz CT molecular complexity index is 371. The molecule has 0 aromatic heterocycles. The van der Waals surface area contributed by atoms with E-state index >= 15 is 0 Å². The quantitative estimate of drug-likeness (QED) is 0.690. The third kappa shape index (κ3) is 5.83. The van der Waals surface area contributed by atoms with E-state index in [1.54, 1.807) is 0 Å². The van der Waals surface area contributed by atoms with Gasteiger partial charge in [-0.15, -0.1) is 11.8 Å². The average molecular weight is 306 g/mol. The highest BCUT2D eigenvalue weighted by Gasteiger charge is 2.08. The zero-order chi connectivity index (χ0) is 13.5. The van der Waals surface area contributed by atoms with Crippen LogP contribution < -0.4 is 5.32 Å². The van der Waals surface area contributed by atoms with Crippen LogP contribution in [0.5, 0.6) is 0 Å². The van der Waals surface area contributed by atoms with Gasteiger partial charge in [-0.05, 0) is 31.5 Å². The lowest BCUT2D eigenvalue weighted by molar-refractivity contribution is 0.511. The van der Waals surface area contributed by atoms with Crippen molar-refractivity contribution >= 4 is 35.0 Å². The Kier molecular flexibility index (Phi) is 7.47. The Morgan fingerprint density at radius 1 is 1.22 bits per heavy atom. The second-order valence-electron chi connectivity index (χ2n) is 4.60. The molecule has 0 aliphatic heterocycles. The van der Waals surface area contributed by atoms with Gasteiger partial charge in [-0.25, -0.2) is 0 Å². The van der Waals surface area contributed by atoms with E-state index in [1.165, 1.54) is 17.7 Å². The van der Waals surface area contributed by atoms with Crippen LogP contribution in [0.1, 0.15) is 33.6 Å². The van der Waals surface area contributed by atoms with Gasteiger partial charge in [-0.2, -0.15) is 0 Å². The van der Waals surface area contributed by atoms with Gasteiger partial charge in [0.05, 0.1) is 10.0 Å². The molecule has 2 atom stereocenters. The van der Waals surface area contributed by atoms with Gasteiger partial charge in [-0.1, -0.05) is 43.5 Å². The molecule has 1 aromatic rings. The summed E-state index contributed by atoms with van der Waals surface area (Å²) in [7, 11) is 0. The van der Waals surface area contributed by atoms with Crippen molar-refractivity contribution in [2.75, 3.05) is 6.54 Å². The second-order valence-corrected chi connectivity index (χ2v) is 6.93. The largest absolute Gasteiger partial charge is 0.313 e. The van der Waals surface area contributed by atoms with Gasteiger partial charge < -0.3 is 5.32 Å². The lowest BCUT2D eigenvalue weighted by atomic mass is 10.2. The van der Waals surface area contributed by atoms with E-state index in [9.17, 15) is 0 Å². The van der Waals surface area contributed by atoms with Crippen LogP contribution in [-0.2, 0) is 0 Å². The minimum atomic E-state index is 0.515. The molecule has 1 rings (SSSR count). The molecule has 0 bridgehead atoms. The Morgan fingerprint density at radius 3 is 2.56 bits per heavy atom. The van der Waals surface area contributed by atoms with Crippen molar-refractivity contribution in [3.8, 4) is 0 Å². The van der Waals surface area contributed by atoms with Gasteiger partial charge in [0.25, 0.3) is 0 Å². The molecule has 0 amide bonds. The molecule has 0 radical (unpaired) electrons. The maximum absolute atomic E-state index is 6.01. The maximum atomic E-state index is 6.01. The van der Waals surface area contributed by atoms with Crippen LogP contribution in [-0.4, -0.2) is 17.8 Å². The van der Waals surface area contributed by atoms with Crippen molar-refractivity contribution in [2.24, 2.45) is 0 Å². The first-order valence-electron chi connectivity index (χ1n) is 6.38. The van der Waals surface area contributed by atoms with Crippen LogP contribution in [0.2, 0.25) is 10.0 Å². The molecule has 0 saturated carbocycles. The van der Waals surface area contributed by atoms with Crippen LogP contribution in [0, 0.1) is 0 Å². The summed E-state index contributed by atoms with van der Waals surface area (Å²) in [5.74, 6) is 0. The Hall–Kier alpha value is 0.110. The highest BCUT2D eigenvalue weighted by molar-refractivity contribution is 8.00. The molecular formula is C14H21Cl2NS. The van der Waals surface area contributed by atoms with Crippen molar-refractivity contribution in [1.82, 2.24) is 5.32 Å². The smallest absolute Gasteiger partial charge is 0.0603 e. The fourth-order valence-electron chi connectivity index (χ4n) is 1.73. The van der Waals surface area contributed by atoms with Gasteiger partial charge in [0, 0.05) is 22.7 Å². The standard InChI is InChI=1S/C14H21Cl2NS/c1-4-5-10(2)17-9-11(3)18-12-6-7-13(15)14(16)8-12/h6-8,10-11,17H,4-5,9H2,1-3H3. The molecule has 1 N–H and O–H groups in total. The Labute approximate surface area is 125 Å². The normalized spacial score (nSPS) is 14.5. The Morgan fingerprint density at radius 2 is 1.94 bits per heavy atom. The SMILES string of the molecule is CCCC(C)NCC(C)Sc1ccc(Cl)c(Cl)c1. The van der Waals surface area contributed by atoms with Gasteiger partial charge >= 0.3 is 0 Å². The third-order valence-corrected chi connectivity index (χ3v) is 4.54. The first-order valence-corrected chi connectivity index (χ1v) is 8.01. The number of benzene rings is 1. The summed E-state index contributed by atoms with van der Waals surface area (Å²) in [5, 5.41) is 5.31. The number of nitrogens with one attached hydrogen (secondary N) is 1. The van der Waals surface area contributed by atoms with E-state index in [0.29, 0.717) is 21.3 Å². The van der Waals surface area contributed by atoms with E-state index in [0.717, 1.165) is 6.54 Å². The van der Waals surface area contributed by atoms with E-state index < -0.39 is 0 Å². The first-order chi connectivity index (χ1) is 8.52. The number of hydrogen-bond donors (Lipinski definition) is 1. The Balaban J connectivity index is 2.39. The molecule has 0 aliphatic rings. The molecule has 18 heavy (non-hydrogen) atoms. The highest BCUT2D eigenvalue weighted by Crippen LogP contribution is 2.30. The van der Waals surface area contributed by atoms with Crippen molar-refractivity contribution in [3.63, 3.8) is 0 Å². The number of rotatable bonds is 7. The lowest BCUT2D eigenvalue weighted by Crippen LogP contribution is -2.31. The molecule has 0 fully saturated rings. The molecule has 0 heterocycles. The first kappa shape index (κ1) is 16.2. The van der Waals surface area contributed by atoms with E-state index in [4.69, 9.17) is 23.2 Å². The number of thioether (sulfide) groups is 1. The summed E-state index contributed by atoms with van der Waals surface area (Å²) < 4.78 is 0. The van der Waals surface area contributed by atoms with Crippen molar-refractivity contribution in [1.29, 1.82) is 0 Å². The van der Waals surface area contributed by atoms with Crippen LogP contribution in [0.25, 0.3) is 0 Å². The van der Waals surface area contributed by atoms with E-state index in [1.807, 2.05) is 30.0 Å². The second kappa shape index (κ2) is 8.31. The summed E-state index contributed by atoms with van der Waals surface area (Å²) in [6.45, 7) is 7.68. The summed E-state index contributed by atoms with van der Waals surface area (Å²) >= 11 is 13.7. The fraction of sp³-hybridized carbons (Fsp3) is 0.571. The molecule has 0 saturated heterocycles. The van der Waals surface area contributed by atoms with Crippen molar-refractivity contribution in [3.05, 3.63) is 28.2 Å². The molecule has 102 valence electrons. The summed E-state index contributed by atoms with van der Waals surface area (Å²) in [6, 6.07) is 6.39. The van der Waals surface area contributed by atoms with Crippen molar-refractivity contribution < 1.29 is 0 Å². The monoisotopic (exact) mass is 305 g/mol. The number of halogens is 2. The third-order valence-electron chi connectivity index (χ3n) is 2.70. The summed E-state index contributed by atoms with van der Waals surface area (Å²) in [6.07, 6.45) is 2.45. The average Bonchev–Trinajstić information content (AvgIpc) is 2.32. The van der Waals surface area contributed by atoms with Gasteiger partial charge in [0.1, 0.15) is 0 Å². The molecule has 0 aliphatic carbocycles. The highest BCUT2D eigenvalue weighted by atomic mass is 35.5. The van der Waals surface area contributed by atoms with E-state index in [-0.39, 0.29) is 0 Å². The van der Waals surface area contributed by atoms with Crippen LogP contribution in [0.4, 0.5) is 0 Å². The molecule has 1 aromatic carbocycles. The molecular weight excluding hydrogens is 285 g/mol. The van der Waals surface area contributed by atoms with Crippen LogP contribution in [0.15, 0.2) is 23.1 Å². The van der Waals surface area contributed by atoms with E-state index in [2.05, 4.69) is 26.1 Å². The fourth-order valence-corrected chi connectivity index (χ4v) is 3.07. The molecule has 1 nitrogen and oxygen atoms in total. The topological polar surface area (TPSA) is 12.0 Å². The minimum absolute atomic E-state index is 0.515. The van der Waals surface area contributed by atoms with Crippen LogP contribution in [0.3, 0.4) is 0 Å². The van der Waals surface area contributed by atoms with Gasteiger partial charge in [0.15, 0.2) is 0 Å².